The van der Waals surface area contributed by atoms with Crippen LogP contribution in [-0.2, 0) is 10.0 Å². The van der Waals surface area contributed by atoms with Crippen LogP contribution in [-0.4, -0.2) is 86.7 Å². The Hall–Kier alpha value is -2.70. The molecule has 2 aromatic rings. The molecule has 1 saturated heterocycles. The summed E-state index contributed by atoms with van der Waals surface area (Å²) in [6, 6.07) is 1.66. The molecule has 13 heteroatoms. The maximum atomic E-state index is 12.5. The molecular formula is C19H28ClN9O2S. The van der Waals surface area contributed by atoms with Crippen LogP contribution < -0.4 is 20.7 Å². The second-order valence-corrected chi connectivity index (χ2v) is 9.76. The van der Waals surface area contributed by atoms with E-state index < -0.39 is 10.0 Å². The van der Waals surface area contributed by atoms with Gasteiger partial charge < -0.3 is 20.9 Å². The van der Waals surface area contributed by atoms with Gasteiger partial charge in [0.25, 0.3) is 0 Å². The van der Waals surface area contributed by atoms with Crippen LogP contribution in [0.4, 0.5) is 11.8 Å². The van der Waals surface area contributed by atoms with E-state index in [1.54, 1.807) is 19.2 Å². The number of hydrogen-bond acceptors (Lipinski definition) is 10. The van der Waals surface area contributed by atoms with Gasteiger partial charge in [-0.1, -0.05) is 11.6 Å². The number of fused-ring (bicyclic) bond motifs is 1. The first kappa shape index (κ1) is 24.0. The second kappa shape index (κ2) is 10.3. The third kappa shape index (κ3) is 6.40. The monoisotopic (exact) mass is 481 g/mol. The van der Waals surface area contributed by atoms with E-state index in [1.165, 1.54) is 13.1 Å². The molecule has 0 aliphatic carbocycles. The Labute approximate surface area is 192 Å². The SMILES string of the molecule is CN=C(C=C(C)N)NS(=O)(=O)CCNc1nc(N2CCN(C)CC2)nc2cnc(Cl)cc12. The van der Waals surface area contributed by atoms with Gasteiger partial charge in [0, 0.05) is 50.9 Å². The van der Waals surface area contributed by atoms with Crippen molar-refractivity contribution in [3.8, 4) is 0 Å². The summed E-state index contributed by atoms with van der Waals surface area (Å²) in [5, 5.41) is 4.09. The van der Waals surface area contributed by atoms with Crippen LogP contribution in [0, 0.1) is 0 Å². The second-order valence-electron chi connectivity index (χ2n) is 7.53. The fourth-order valence-corrected chi connectivity index (χ4v) is 4.25. The lowest BCUT2D eigenvalue weighted by Gasteiger charge is -2.32. The quantitative estimate of drug-likeness (QED) is 0.295. The van der Waals surface area contributed by atoms with Crippen LogP contribution in [0.5, 0.6) is 0 Å². The summed E-state index contributed by atoms with van der Waals surface area (Å²) in [6.07, 6.45) is 3.05. The number of nitrogens with one attached hydrogen (secondary N) is 2. The number of aromatic nitrogens is 3. The number of likely N-dealkylation sites (N-methyl/N-ethyl adjacent to an activating group) is 1. The van der Waals surface area contributed by atoms with Gasteiger partial charge >= 0.3 is 0 Å². The van der Waals surface area contributed by atoms with Gasteiger partial charge in [0.05, 0.1) is 17.5 Å². The Bertz CT molecular complexity index is 1130. The number of nitrogens with zero attached hydrogens (tertiary/aromatic N) is 6. The average Bonchev–Trinajstić information content (AvgIpc) is 2.73. The number of amidine groups is 1. The molecular weight excluding hydrogens is 454 g/mol. The fraction of sp³-hybridized carbons (Fsp3) is 0.474. The van der Waals surface area contributed by atoms with Crippen LogP contribution in [0.3, 0.4) is 0 Å². The number of hydrogen-bond donors (Lipinski definition) is 3. The van der Waals surface area contributed by atoms with Crippen molar-refractivity contribution < 1.29 is 8.42 Å². The Balaban J connectivity index is 1.78. The van der Waals surface area contributed by atoms with Crippen LogP contribution >= 0.6 is 11.6 Å². The first-order chi connectivity index (χ1) is 15.2. The van der Waals surface area contributed by atoms with Gasteiger partial charge in [-0.05, 0) is 26.1 Å². The number of allylic oxidation sites excluding steroid dienone is 1. The van der Waals surface area contributed by atoms with Crippen molar-refractivity contribution in [1.82, 2.24) is 24.6 Å². The fourth-order valence-electron chi connectivity index (χ4n) is 3.15. The number of halogens is 1. The molecule has 0 unspecified atom stereocenters. The predicted molar refractivity (Wildman–Crippen MR) is 129 cm³/mol. The van der Waals surface area contributed by atoms with Gasteiger partial charge in [-0.3, -0.25) is 9.71 Å². The molecule has 11 nitrogen and oxygen atoms in total. The minimum Gasteiger partial charge on any atom is -0.402 e. The zero-order valence-corrected chi connectivity index (χ0v) is 19.9. The highest BCUT2D eigenvalue weighted by molar-refractivity contribution is 7.90. The molecule has 1 fully saturated rings. The van der Waals surface area contributed by atoms with Gasteiger partial charge in [0.15, 0.2) is 0 Å². The maximum absolute atomic E-state index is 12.5. The molecule has 1 aliphatic rings. The van der Waals surface area contributed by atoms with Crippen LogP contribution in [0.1, 0.15) is 6.92 Å². The largest absolute Gasteiger partial charge is 0.402 e. The lowest BCUT2D eigenvalue weighted by molar-refractivity contribution is 0.311. The minimum atomic E-state index is -3.65. The molecule has 0 amide bonds. The molecule has 4 N–H and O–H groups in total. The number of pyridine rings is 1. The van der Waals surface area contributed by atoms with Gasteiger partial charge in [0.1, 0.15) is 16.8 Å². The summed E-state index contributed by atoms with van der Waals surface area (Å²) in [7, 11) is -0.0870. The van der Waals surface area contributed by atoms with Crippen molar-refractivity contribution in [2.75, 3.05) is 62.8 Å². The van der Waals surface area contributed by atoms with E-state index in [0.29, 0.717) is 33.5 Å². The molecule has 2 aromatic heterocycles. The zero-order valence-electron chi connectivity index (χ0n) is 18.3. The maximum Gasteiger partial charge on any atom is 0.235 e. The summed E-state index contributed by atoms with van der Waals surface area (Å²) in [5.74, 6) is 1.05. The molecule has 0 saturated carbocycles. The summed E-state index contributed by atoms with van der Waals surface area (Å²) >= 11 is 6.07. The van der Waals surface area contributed by atoms with Gasteiger partial charge in [0.2, 0.25) is 16.0 Å². The molecule has 3 heterocycles. The van der Waals surface area contributed by atoms with E-state index in [-0.39, 0.29) is 18.1 Å². The van der Waals surface area contributed by atoms with Gasteiger partial charge in [-0.15, -0.1) is 0 Å². The van der Waals surface area contributed by atoms with Crippen LogP contribution in [0.2, 0.25) is 5.15 Å². The summed E-state index contributed by atoms with van der Waals surface area (Å²) < 4.78 is 27.3. The van der Waals surface area contributed by atoms with E-state index in [2.05, 4.69) is 46.8 Å². The Morgan fingerprint density at radius 2 is 2.03 bits per heavy atom. The number of rotatable bonds is 7. The Kier molecular flexibility index (Phi) is 7.69. The predicted octanol–water partition coefficient (Wildman–Crippen LogP) is 0.652. The van der Waals surface area contributed by atoms with Gasteiger partial charge in [-0.2, -0.15) is 4.98 Å². The minimum absolute atomic E-state index is 0.117. The number of anilines is 2. The Morgan fingerprint density at radius 3 is 2.69 bits per heavy atom. The molecule has 32 heavy (non-hydrogen) atoms. The summed E-state index contributed by atoms with van der Waals surface area (Å²) in [5.41, 5.74) is 6.68. The number of piperazine rings is 1. The third-order valence-electron chi connectivity index (χ3n) is 4.85. The van der Waals surface area contributed by atoms with Crippen molar-refractivity contribution in [3.05, 3.63) is 29.2 Å². The normalized spacial score (nSPS) is 16.4. The molecule has 0 atom stereocenters. The van der Waals surface area contributed by atoms with E-state index >= 15 is 0 Å². The van der Waals surface area contributed by atoms with Crippen LogP contribution in [0.25, 0.3) is 10.9 Å². The lowest BCUT2D eigenvalue weighted by atomic mass is 10.3. The first-order valence-corrected chi connectivity index (χ1v) is 12.1. The first-order valence-electron chi connectivity index (χ1n) is 10.1. The van der Waals surface area contributed by atoms with Crippen molar-refractivity contribution >= 4 is 50.1 Å². The van der Waals surface area contributed by atoms with E-state index in [1.807, 2.05) is 0 Å². The number of sulfonamides is 1. The third-order valence-corrected chi connectivity index (χ3v) is 6.32. The molecule has 0 aromatic carbocycles. The molecule has 3 rings (SSSR count). The average molecular weight is 482 g/mol. The zero-order chi connectivity index (χ0) is 23.3. The highest BCUT2D eigenvalue weighted by Crippen LogP contribution is 2.25. The highest BCUT2D eigenvalue weighted by atomic mass is 35.5. The lowest BCUT2D eigenvalue weighted by Crippen LogP contribution is -2.45. The standard InChI is InChI=1S/C19H28ClN9O2S/c1-13(21)10-17(22-2)27-32(30,31)9-4-23-18-14-11-16(20)24-12-15(14)25-19(26-18)29-7-5-28(3)6-8-29/h10-12H,4-9,21H2,1-3H3,(H,22,27)(H,23,25,26). The van der Waals surface area contributed by atoms with Crippen LogP contribution in [0.15, 0.2) is 29.0 Å². The van der Waals surface area contributed by atoms with E-state index in [9.17, 15) is 8.42 Å². The van der Waals surface area contributed by atoms with E-state index in [0.717, 1.165) is 26.2 Å². The molecule has 0 spiro atoms. The molecule has 1 aliphatic heterocycles. The van der Waals surface area contributed by atoms with Crippen molar-refractivity contribution in [2.24, 2.45) is 10.7 Å². The van der Waals surface area contributed by atoms with Gasteiger partial charge in [-0.25, -0.2) is 18.4 Å². The Morgan fingerprint density at radius 1 is 1.31 bits per heavy atom. The molecule has 174 valence electrons. The summed E-state index contributed by atoms with van der Waals surface area (Å²) in [4.78, 5) is 21.6. The molecule has 0 bridgehead atoms. The van der Waals surface area contributed by atoms with E-state index in [4.69, 9.17) is 17.3 Å². The number of aliphatic imine (C=N–C) groups is 1. The van der Waals surface area contributed by atoms with Crippen molar-refractivity contribution in [1.29, 1.82) is 0 Å². The topological polar surface area (TPSA) is 142 Å². The van der Waals surface area contributed by atoms with Crippen molar-refractivity contribution in [3.63, 3.8) is 0 Å². The van der Waals surface area contributed by atoms with Crippen molar-refractivity contribution in [2.45, 2.75) is 6.92 Å². The summed E-state index contributed by atoms with van der Waals surface area (Å²) in [6.45, 7) is 5.18. The number of nitrogens with two attached hydrogens (primary N) is 1. The molecule has 0 radical (unpaired) electrons. The highest BCUT2D eigenvalue weighted by Gasteiger charge is 2.19. The smallest absolute Gasteiger partial charge is 0.235 e.